The lowest BCUT2D eigenvalue weighted by Crippen LogP contribution is -2.14. The minimum Gasteiger partial charge on any atom is -0.310 e. The number of halogens is 2. The van der Waals surface area contributed by atoms with Crippen molar-refractivity contribution in [1.29, 1.82) is 0 Å². The number of aromatic nitrogens is 2. The fraction of sp³-hybridized carbons (Fsp3) is 0.357. The largest absolute Gasteiger partial charge is 0.310 e. The van der Waals surface area contributed by atoms with Gasteiger partial charge < -0.3 is 5.32 Å². The van der Waals surface area contributed by atoms with Crippen LogP contribution in [-0.4, -0.2) is 15.8 Å². The van der Waals surface area contributed by atoms with Gasteiger partial charge in [0.25, 0.3) is 0 Å². The van der Waals surface area contributed by atoms with Crippen molar-refractivity contribution in [1.82, 2.24) is 15.1 Å². The zero-order valence-electron chi connectivity index (χ0n) is 10.4. The fourth-order valence-electron chi connectivity index (χ4n) is 1.97. The summed E-state index contributed by atoms with van der Waals surface area (Å²) in [6, 6.07) is 6.21. The molecular formula is C14H15Cl2N3. The number of hydrogen-bond acceptors (Lipinski definition) is 2. The molecule has 2 aromatic rings. The molecule has 1 aliphatic carbocycles. The second-order valence-corrected chi connectivity index (χ2v) is 5.78. The molecule has 3 rings (SSSR count). The van der Waals surface area contributed by atoms with E-state index in [2.05, 4.69) is 10.4 Å². The minimum atomic E-state index is 0.642. The molecule has 1 saturated carbocycles. The van der Waals surface area contributed by atoms with Crippen molar-refractivity contribution in [2.75, 3.05) is 0 Å². The van der Waals surface area contributed by atoms with Gasteiger partial charge in [-0.2, -0.15) is 5.10 Å². The van der Waals surface area contributed by atoms with Gasteiger partial charge in [0.05, 0.1) is 12.7 Å². The molecule has 0 radical (unpaired) electrons. The Morgan fingerprint density at radius 3 is 2.95 bits per heavy atom. The van der Waals surface area contributed by atoms with E-state index in [0.29, 0.717) is 17.6 Å². The standard InChI is InChI=1S/C14H15Cl2N3/c15-12-1-4-14(16)11(5-12)9-19-8-10(7-18-19)6-17-13-2-3-13/h1,4-5,7-8,13,17H,2-3,6,9H2. The Morgan fingerprint density at radius 1 is 1.32 bits per heavy atom. The van der Waals surface area contributed by atoms with Crippen LogP contribution in [0.15, 0.2) is 30.6 Å². The van der Waals surface area contributed by atoms with Crippen molar-refractivity contribution in [3.8, 4) is 0 Å². The molecule has 1 N–H and O–H groups in total. The number of nitrogens with zero attached hydrogens (tertiary/aromatic N) is 2. The first-order chi connectivity index (χ1) is 9.20. The summed E-state index contributed by atoms with van der Waals surface area (Å²) in [5.74, 6) is 0. The lowest BCUT2D eigenvalue weighted by atomic mass is 10.2. The molecular weight excluding hydrogens is 281 g/mol. The van der Waals surface area contributed by atoms with Crippen LogP contribution in [0, 0.1) is 0 Å². The molecule has 3 nitrogen and oxygen atoms in total. The topological polar surface area (TPSA) is 29.9 Å². The number of rotatable bonds is 5. The first-order valence-corrected chi connectivity index (χ1v) is 7.15. The molecule has 5 heteroatoms. The molecule has 1 aliphatic rings. The maximum atomic E-state index is 6.15. The van der Waals surface area contributed by atoms with E-state index in [1.807, 2.05) is 29.2 Å². The SMILES string of the molecule is Clc1ccc(Cl)c(Cn2cc(CNC3CC3)cn2)c1. The third kappa shape index (κ3) is 3.50. The van der Waals surface area contributed by atoms with Crippen LogP contribution in [0.5, 0.6) is 0 Å². The molecule has 0 atom stereocenters. The maximum absolute atomic E-state index is 6.15. The van der Waals surface area contributed by atoms with Crippen LogP contribution in [0.3, 0.4) is 0 Å². The van der Waals surface area contributed by atoms with E-state index in [0.717, 1.165) is 17.1 Å². The Labute approximate surface area is 122 Å². The van der Waals surface area contributed by atoms with Crippen molar-refractivity contribution in [2.24, 2.45) is 0 Å². The molecule has 0 amide bonds. The number of nitrogens with one attached hydrogen (secondary N) is 1. The van der Waals surface area contributed by atoms with E-state index in [1.165, 1.54) is 18.4 Å². The van der Waals surface area contributed by atoms with E-state index in [1.54, 1.807) is 6.07 Å². The Bertz CT molecular complexity index is 576. The Balaban J connectivity index is 1.66. The zero-order valence-corrected chi connectivity index (χ0v) is 12.0. The van der Waals surface area contributed by atoms with Crippen LogP contribution in [0.4, 0.5) is 0 Å². The summed E-state index contributed by atoms with van der Waals surface area (Å²) in [7, 11) is 0. The highest BCUT2D eigenvalue weighted by molar-refractivity contribution is 6.33. The maximum Gasteiger partial charge on any atom is 0.0674 e. The summed E-state index contributed by atoms with van der Waals surface area (Å²) in [5, 5.41) is 9.24. The second-order valence-electron chi connectivity index (χ2n) is 4.94. The third-order valence-corrected chi connectivity index (χ3v) is 3.80. The predicted molar refractivity (Wildman–Crippen MR) is 77.7 cm³/mol. The van der Waals surface area contributed by atoms with E-state index in [9.17, 15) is 0 Å². The van der Waals surface area contributed by atoms with Gasteiger partial charge in [0, 0.05) is 34.4 Å². The minimum absolute atomic E-state index is 0.642. The lowest BCUT2D eigenvalue weighted by molar-refractivity contribution is 0.675. The lowest BCUT2D eigenvalue weighted by Gasteiger charge is -2.05. The van der Waals surface area contributed by atoms with E-state index < -0.39 is 0 Å². The van der Waals surface area contributed by atoms with Gasteiger partial charge in [0.15, 0.2) is 0 Å². The van der Waals surface area contributed by atoms with Crippen LogP contribution in [-0.2, 0) is 13.1 Å². The van der Waals surface area contributed by atoms with Crippen LogP contribution in [0.1, 0.15) is 24.0 Å². The summed E-state index contributed by atoms with van der Waals surface area (Å²) < 4.78 is 1.89. The average Bonchev–Trinajstić information content (AvgIpc) is 3.12. The van der Waals surface area contributed by atoms with Crippen LogP contribution >= 0.6 is 23.2 Å². The van der Waals surface area contributed by atoms with Gasteiger partial charge >= 0.3 is 0 Å². The van der Waals surface area contributed by atoms with Crippen molar-refractivity contribution in [2.45, 2.75) is 32.0 Å². The van der Waals surface area contributed by atoms with Crippen molar-refractivity contribution < 1.29 is 0 Å². The second kappa shape index (κ2) is 5.53. The molecule has 1 aromatic heterocycles. The molecule has 0 aliphatic heterocycles. The van der Waals surface area contributed by atoms with E-state index >= 15 is 0 Å². The first-order valence-electron chi connectivity index (χ1n) is 6.39. The smallest absolute Gasteiger partial charge is 0.0674 e. The van der Waals surface area contributed by atoms with E-state index in [-0.39, 0.29) is 0 Å². The molecule has 100 valence electrons. The summed E-state index contributed by atoms with van der Waals surface area (Å²) in [6.45, 7) is 1.52. The van der Waals surface area contributed by atoms with Crippen LogP contribution in [0.2, 0.25) is 10.0 Å². The van der Waals surface area contributed by atoms with Gasteiger partial charge in [-0.05, 0) is 36.6 Å². The summed E-state index contributed by atoms with van der Waals surface area (Å²) >= 11 is 12.1. The molecule has 1 heterocycles. The zero-order chi connectivity index (χ0) is 13.2. The summed E-state index contributed by atoms with van der Waals surface area (Å²) in [6.07, 6.45) is 6.54. The Hall–Kier alpha value is -1.03. The molecule has 19 heavy (non-hydrogen) atoms. The molecule has 0 saturated heterocycles. The van der Waals surface area contributed by atoms with Gasteiger partial charge in [-0.3, -0.25) is 4.68 Å². The van der Waals surface area contributed by atoms with E-state index in [4.69, 9.17) is 23.2 Å². The van der Waals surface area contributed by atoms with Crippen molar-refractivity contribution >= 4 is 23.2 Å². The van der Waals surface area contributed by atoms with Gasteiger partial charge in [0.1, 0.15) is 0 Å². The van der Waals surface area contributed by atoms with Gasteiger partial charge in [0.2, 0.25) is 0 Å². The highest BCUT2D eigenvalue weighted by Gasteiger charge is 2.20. The number of hydrogen-bond donors (Lipinski definition) is 1. The van der Waals surface area contributed by atoms with Gasteiger partial charge in [-0.15, -0.1) is 0 Å². The quantitative estimate of drug-likeness (QED) is 0.915. The normalized spacial score (nSPS) is 14.8. The fourth-order valence-corrected chi connectivity index (χ4v) is 2.34. The predicted octanol–water partition coefficient (Wildman–Crippen LogP) is 3.49. The summed E-state index contributed by atoms with van der Waals surface area (Å²) in [4.78, 5) is 0. The molecule has 0 bridgehead atoms. The molecule has 1 aromatic carbocycles. The first kappa shape index (κ1) is 13.0. The monoisotopic (exact) mass is 295 g/mol. The highest BCUT2D eigenvalue weighted by atomic mass is 35.5. The highest BCUT2D eigenvalue weighted by Crippen LogP contribution is 2.22. The van der Waals surface area contributed by atoms with Crippen LogP contribution < -0.4 is 5.32 Å². The Kier molecular flexibility index (Phi) is 3.78. The Morgan fingerprint density at radius 2 is 2.16 bits per heavy atom. The molecule has 0 spiro atoms. The number of benzene rings is 1. The summed E-state index contributed by atoms with van der Waals surface area (Å²) in [5.41, 5.74) is 2.18. The van der Waals surface area contributed by atoms with Crippen molar-refractivity contribution in [3.63, 3.8) is 0 Å². The molecule has 1 fully saturated rings. The van der Waals surface area contributed by atoms with Gasteiger partial charge in [-0.25, -0.2) is 0 Å². The third-order valence-electron chi connectivity index (χ3n) is 3.20. The average molecular weight is 296 g/mol. The van der Waals surface area contributed by atoms with Gasteiger partial charge in [-0.1, -0.05) is 23.2 Å². The molecule has 0 unspecified atom stereocenters. The van der Waals surface area contributed by atoms with Crippen molar-refractivity contribution in [3.05, 3.63) is 51.8 Å². The van der Waals surface area contributed by atoms with Crippen LogP contribution in [0.25, 0.3) is 0 Å².